The summed E-state index contributed by atoms with van der Waals surface area (Å²) in [6, 6.07) is 10.4. The Morgan fingerprint density at radius 3 is 2.63 bits per heavy atom. The molecule has 0 aliphatic rings. The van der Waals surface area contributed by atoms with E-state index in [1.807, 2.05) is 0 Å². The summed E-state index contributed by atoms with van der Waals surface area (Å²) in [5.74, 6) is -0.981. The van der Waals surface area contributed by atoms with Crippen LogP contribution in [0.25, 0.3) is 0 Å². The highest BCUT2D eigenvalue weighted by Gasteiger charge is 2.10. The lowest BCUT2D eigenvalue weighted by atomic mass is 10.2. The molecule has 0 saturated carbocycles. The van der Waals surface area contributed by atoms with E-state index < -0.39 is 11.6 Å². The molecular formula is C14H8BrF2NO. The molecule has 0 spiro atoms. The van der Waals surface area contributed by atoms with E-state index in [-0.39, 0.29) is 17.9 Å². The smallest absolute Gasteiger partial charge is 0.144 e. The monoisotopic (exact) mass is 323 g/mol. The zero-order valence-electron chi connectivity index (χ0n) is 9.66. The number of benzene rings is 2. The van der Waals surface area contributed by atoms with E-state index in [1.54, 1.807) is 18.2 Å². The van der Waals surface area contributed by atoms with Crippen molar-refractivity contribution in [1.29, 1.82) is 5.26 Å². The Hall–Kier alpha value is -1.93. The summed E-state index contributed by atoms with van der Waals surface area (Å²) >= 11 is 3.15. The van der Waals surface area contributed by atoms with Crippen LogP contribution in [-0.2, 0) is 6.61 Å². The first-order chi connectivity index (χ1) is 9.11. The van der Waals surface area contributed by atoms with Gasteiger partial charge < -0.3 is 4.74 Å². The molecule has 96 valence electrons. The maximum atomic E-state index is 13.6. The largest absolute Gasteiger partial charge is 0.487 e. The second kappa shape index (κ2) is 5.81. The summed E-state index contributed by atoms with van der Waals surface area (Å²) in [6.07, 6.45) is 0. The lowest BCUT2D eigenvalue weighted by molar-refractivity contribution is 0.297. The summed E-state index contributed by atoms with van der Waals surface area (Å²) in [4.78, 5) is 0. The standard InChI is InChI=1S/C14H8BrF2NO/c15-10-5-4-9(13(17)6-10)8-19-14-3-1-2-12(16)11(14)7-18/h1-6H,8H2. The van der Waals surface area contributed by atoms with Gasteiger partial charge in [-0.3, -0.25) is 0 Å². The third-order valence-corrected chi connectivity index (χ3v) is 2.98. The molecular weight excluding hydrogens is 316 g/mol. The van der Waals surface area contributed by atoms with Crippen molar-refractivity contribution in [1.82, 2.24) is 0 Å². The molecule has 0 aromatic heterocycles. The minimum absolute atomic E-state index is 0.0722. The van der Waals surface area contributed by atoms with E-state index in [0.717, 1.165) is 0 Å². The molecule has 0 unspecified atom stereocenters. The van der Waals surface area contributed by atoms with Crippen molar-refractivity contribution in [3.63, 3.8) is 0 Å². The molecule has 5 heteroatoms. The Labute approximate surface area is 117 Å². The van der Waals surface area contributed by atoms with Crippen LogP contribution in [0.5, 0.6) is 5.75 Å². The fourth-order valence-electron chi connectivity index (χ4n) is 1.53. The number of hydrogen-bond acceptors (Lipinski definition) is 2. The number of ether oxygens (including phenoxy) is 1. The number of halogens is 3. The first-order valence-electron chi connectivity index (χ1n) is 5.37. The first-order valence-corrected chi connectivity index (χ1v) is 6.16. The van der Waals surface area contributed by atoms with Crippen LogP contribution in [0.4, 0.5) is 8.78 Å². The number of nitriles is 1. The summed E-state index contributed by atoms with van der Waals surface area (Å²) in [6.45, 7) is -0.0722. The van der Waals surface area contributed by atoms with Crippen LogP contribution in [0.15, 0.2) is 40.9 Å². The van der Waals surface area contributed by atoms with Crippen LogP contribution in [0.3, 0.4) is 0 Å². The zero-order valence-corrected chi connectivity index (χ0v) is 11.2. The third kappa shape index (κ3) is 3.09. The Morgan fingerprint density at radius 2 is 1.95 bits per heavy atom. The maximum absolute atomic E-state index is 13.6. The molecule has 0 N–H and O–H groups in total. The predicted molar refractivity (Wildman–Crippen MR) is 69.5 cm³/mol. The quantitative estimate of drug-likeness (QED) is 0.849. The molecule has 0 atom stereocenters. The van der Waals surface area contributed by atoms with E-state index in [2.05, 4.69) is 15.9 Å². The maximum Gasteiger partial charge on any atom is 0.144 e. The Balaban J connectivity index is 2.20. The van der Waals surface area contributed by atoms with Crippen LogP contribution >= 0.6 is 15.9 Å². The van der Waals surface area contributed by atoms with Crippen molar-refractivity contribution in [3.8, 4) is 11.8 Å². The predicted octanol–water partition coefficient (Wildman–Crippen LogP) is 4.18. The summed E-state index contributed by atoms with van der Waals surface area (Å²) in [5.41, 5.74) is 0.149. The molecule has 0 aliphatic heterocycles. The van der Waals surface area contributed by atoms with E-state index in [0.29, 0.717) is 10.0 Å². The van der Waals surface area contributed by atoms with E-state index in [4.69, 9.17) is 10.00 Å². The van der Waals surface area contributed by atoms with Gasteiger partial charge in [0.1, 0.15) is 35.6 Å². The van der Waals surface area contributed by atoms with Gasteiger partial charge in [0.15, 0.2) is 0 Å². The second-order valence-corrected chi connectivity index (χ2v) is 4.66. The average molecular weight is 324 g/mol. The minimum atomic E-state index is -0.656. The fourth-order valence-corrected chi connectivity index (χ4v) is 1.86. The molecule has 0 amide bonds. The molecule has 19 heavy (non-hydrogen) atoms. The Bertz CT molecular complexity index is 652. The van der Waals surface area contributed by atoms with Crippen LogP contribution < -0.4 is 4.74 Å². The van der Waals surface area contributed by atoms with Crippen LogP contribution in [-0.4, -0.2) is 0 Å². The van der Waals surface area contributed by atoms with Crippen molar-refractivity contribution in [3.05, 3.63) is 63.6 Å². The van der Waals surface area contributed by atoms with Gasteiger partial charge in [0, 0.05) is 10.0 Å². The summed E-state index contributed by atoms with van der Waals surface area (Å²) in [7, 11) is 0. The molecule has 2 rings (SSSR count). The summed E-state index contributed by atoms with van der Waals surface area (Å²) < 4.78 is 32.8. The Kier molecular flexibility index (Phi) is 4.13. The van der Waals surface area contributed by atoms with Gasteiger partial charge in [0.05, 0.1) is 0 Å². The summed E-state index contributed by atoms with van der Waals surface area (Å²) in [5, 5.41) is 8.84. The highest BCUT2D eigenvalue weighted by atomic mass is 79.9. The SMILES string of the molecule is N#Cc1c(F)cccc1OCc1ccc(Br)cc1F. The fraction of sp³-hybridized carbons (Fsp3) is 0.0714. The lowest BCUT2D eigenvalue weighted by Crippen LogP contribution is -2.00. The van der Waals surface area contributed by atoms with Crippen molar-refractivity contribution < 1.29 is 13.5 Å². The van der Waals surface area contributed by atoms with Crippen molar-refractivity contribution in [2.45, 2.75) is 6.61 Å². The topological polar surface area (TPSA) is 33.0 Å². The first kappa shape index (κ1) is 13.5. The van der Waals surface area contributed by atoms with Gasteiger partial charge in [-0.2, -0.15) is 5.26 Å². The van der Waals surface area contributed by atoms with Gasteiger partial charge >= 0.3 is 0 Å². The molecule has 0 aliphatic carbocycles. The van der Waals surface area contributed by atoms with Gasteiger partial charge in [-0.15, -0.1) is 0 Å². The van der Waals surface area contributed by atoms with Gasteiger partial charge in [0.25, 0.3) is 0 Å². The molecule has 2 aromatic rings. The second-order valence-electron chi connectivity index (χ2n) is 3.75. The molecule has 0 bridgehead atoms. The molecule has 0 fully saturated rings. The molecule has 2 nitrogen and oxygen atoms in total. The lowest BCUT2D eigenvalue weighted by Gasteiger charge is -2.09. The van der Waals surface area contributed by atoms with E-state index in [9.17, 15) is 8.78 Å². The van der Waals surface area contributed by atoms with E-state index >= 15 is 0 Å². The van der Waals surface area contributed by atoms with Crippen LogP contribution in [0.2, 0.25) is 0 Å². The van der Waals surface area contributed by atoms with Gasteiger partial charge in [-0.25, -0.2) is 8.78 Å². The number of hydrogen-bond donors (Lipinski definition) is 0. The molecule has 0 saturated heterocycles. The zero-order chi connectivity index (χ0) is 13.8. The number of rotatable bonds is 3. The van der Waals surface area contributed by atoms with Gasteiger partial charge in [-0.1, -0.05) is 28.1 Å². The van der Waals surface area contributed by atoms with Crippen molar-refractivity contribution >= 4 is 15.9 Å². The van der Waals surface area contributed by atoms with E-state index in [1.165, 1.54) is 24.3 Å². The van der Waals surface area contributed by atoms with Crippen molar-refractivity contribution in [2.75, 3.05) is 0 Å². The number of nitrogens with zero attached hydrogens (tertiary/aromatic N) is 1. The molecule has 0 heterocycles. The Morgan fingerprint density at radius 1 is 1.16 bits per heavy atom. The molecule has 2 aromatic carbocycles. The van der Waals surface area contributed by atoms with Gasteiger partial charge in [-0.05, 0) is 24.3 Å². The molecule has 0 radical (unpaired) electrons. The average Bonchev–Trinajstić information content (AvgIpc) is 2.38. The van der Waals surface area contributed by atoms with Gasteiger partial charge in [0.2, 0.25) is 0 Å². The highest BCUT2D eigenvalue weighted by molar-refractivity contribution is 9.10. The highest BCUT2D eigenvalue weighted by Crippen LogP contribution is 2.22. The van der Waals surface area contributed by atoms with Crippen LogP contribution in [0.1, 0.15) is 11.1 Å². The van der Waals surface area contributed by atoms with Crippen LogP contribution in [0, 0.1) is 23.0 Å². The van der Waals surface area contributed by atoms with Crippen molar-refractivity contribution in [2.24, 2.45) is 0 Å². The third-order valence-electron chi connectivity index (χ3n) is 2.49. The minimum Gasteiger partial charge on any atom is -0.487 e. The normalized spacial score (nSPS) is 10.0.